The first-order valence-electron chi connectivity index (χ1n) is 14.3. The van der Waals surface area contributed by atoms with Gasteiger partial charge in [-0.2, -0.15) is 0 Å². The number of carbonyl (C=O) groups is 2. The molecule has 0 radical (unpaired) electrons. The zero-order chi connectivity index (χ0) is 31.1. The molecule has 2 bridgehead atoms. The fourth-order valence-electron chi connectivity index (χ4n) is 5.27. The minimum atomic E-state index is -0.581. The minimum Gasteiger partial charge on any atom is -0.453 e. The molecule has 5 N–H and O–H groups in total. The Morgan fingerprint density at radius 1 is 1.11 bits per heavy atom. The van der Waals surface area contributed by atoms with Gasteiger partial charge in [-0.15, -0.1) is 5.53 Å². The largest absolute Gasteiger partial charge is 0.453 e. The number of amides is 2. The lowest BCUT2D eigenvalue weighted by Crippen LogP contribution is -2.42. The average Bonchev–Trinajstić information content (AvgIpc) is 3.46. The topological polar surface area (TPSA) is 142 Å². The summed E-state index contributed by atoms with van der Waals surface area (Å²) in [6, 6.07) is 13.7. The van der Waals surface area contributed by atoms with E-state index in [-0.39, 0.29) is 24.1 Å². The summed E-state index contributed by atoms with van der Waals surface area (Å²) in [7, 11) is 1.29. The van der Waals surface area contributed by atoms with E-state index in [0.29, 0.717) is 46.5 Å². The van der Waals surface area contributed by atoms with E-state index in [1.54, 1.807) is 34.2 Å². The summed E-state index contributed by atoms with van der Waals surface area (Å²) >= 11 is 12.4. The number of hydrogen-bond donors (Lipinski definition) is 5. The molecule has 5 rings (SSSR count). The van der Waals surface area contributed by atoms with Gasteiger partial charge in [-0.3, -0.25) is 24.6 Å². The van der Waals surface area contributed by atoms with E-state index in [2.05, 4.69) is 31.6 Å². The SMILES string of the molecule is COC(=O)NCC[C@@H]1Nc2cccc(c2)[C@@H](n2cnc(-c3cc(Cl)ccc3N3C=C(Cl)NN3)cc2=O)CCCCCNC1=O. The molecule has 2 amide bonds. The molecule has 0 saturated heterocycles. The Morgan fingerprint density at radius 3 is 2.75 bits per heavy atom. The van der Waals surface area contributed by atoms with Crippen LogP contribution in [0.5, 0.6) is 0 Å². The van der Waals surface area contributed by atoms with Crippen molar-refractivity contribution in [1.29, 1.82) is 0 Å². The Balaban J connectivity index is 1.44. The molecule has 2 aliphatic rings. The molecule has 0 saturated carbocycles. The molecule has 232 valence electrons. The van der Waals surface area contributed by atoms with Crippen LogP contribution in [0.4, 0.5) is 16.2 Å². The number of aromatic nitrogens is 2. The Hall–Kier alpha value is -4.26. The number of alkyl carbamates (subject to hydrolysis) is 1. The van der Waals surface area contributed by atoms with Crippen molar-refractivity contribution in [3.63, 3.8) is 0 Å². The quantitative estimate of drug-likeness (QED) is 0.250. The Morgan fingerprint density at radius 2 is 1.98 bits per heavy atom. The van der Waals surface area contributed by atoms with E-state index in [1.165, 1.54) is 13.2 Å². The van der Waals surface area contributed by atoms with Crippen LogP contribution in [-0.4, -0.2) is 47.8 Å². The molecule has 1 aromatic heterocycles. The van der Waals surface area contributed by atoms with E-state index in [4.69, 9.17) is 28.2 Å². The molecule has 12 nitrogen and oxygen atoms in total. The van der Waals surface area contributed by atoms with Gasteiger partial charge in [-0.05, 0) is 55.2 Å². The zero-order valence-corrected chi connectivity index (χ0v) is 25.6. The summed E-state index contributed by atoms with van der Waals surface area (Å²) in [5.74, 6) is -0.146. The van der Waals surface area contributed by atoms with Crippen molar-refractivity contribution in [3.8, 4) is 11.3 Å². The smallest absolute Gasteiger partial charge is 0.406 e. The summed E-state index contributed by atoms with van der Waals surface area (Å²) in [4.78, 5) is 42.9. The van der Waals surface area contributed by atoms with Crippen molar-refractivity contribution in [2.75, 3.05) is 30.5 Å². The Kier molecular flexibility index (Phi) is 10.3. The summed E-state index contributed by atoms with van der Waals surface area (Å²) in [6.07, 6.45) is 6.28. The van der Waals surface area contributed by atoms with Gasteiger partial charge in [0.2, 0.25) is 5.91 Å². The van der Waals surface area contributed by atoms with Crippen LogP contribution < -0.4 is 37.5 Å². The summed E-state index contributed by atoms with van der Waals surface area (Å²) < 4.78 is 6.29. The first-order valence-corrected chi connectivity index (χ1v) is 15.1. The van der Waals surface area contributed by atoms with Crippen molar-refractivity contribution in [3.05, 3.63) is 87.2 Å². The molecule has 14 heteroatoms. The van der Waals surface area contributed by atoms with Gasteiger partial charge in [-0.1, -0.05) is 48.2 Å². The van der Waals surface area contributed by atoms with E-state index in [0.717, 1.165) is 30.5 Å². The van der Waals surface area contributed by atoms with E-state index in [1.807, 2.05) is 30.3 Å². The summed E-state index contributed by atoms with van der Waals surface area (Å²) in [5, 5.41) is 11.5. The third-order valence-corrected chi connectivity index (χ3v) is 7.90. The van der Waals surface area contributed by atoms with Crippen LogP contribution >= 0.6 is 23.2 Å². The van der Waals surface area contributed by atoms with Gasteiger partial charge in [0.15, 0.2) is 0 Å². The van der Waals surface area contributed by atoms with Crippen LogP contribution in [0.15, 0.2) is 71.0 Å². The molecular formula is C30H34Cl2N8O4. The maximum Gasteiger partial charge on any atom is 0.406 e. The van der Waals surface area contributed by atoms with Crippen LogP contribution in [0.3, 0.4) is 0 Å². The third kappa shape index (κ3) is 7.62. The standard InChI is InChI=1S/C30H34Cl2N8O4/c1-44-30(43)34-13-11-23-29(42)33-12-4-2-3-8-25(19-6-5-7-21(14-19)36-23)39-18-35-24(16-28(39)41)22-15-20(31)9-10-26(22)40-17-27(32)37-38-40/h5-7,9-10,14-18,23,25,36-38H,2-4,8,11-13H2,1H3,(H,33,42)(H,34,43)/t23-,25-/m0/s1. The molecule has 3 heterocycles. The second-order valence-corrected chi connectivity index (χ2v) is 11.3. The fourth-order valence-corrected chi connectivity index (χ4v) is 5.59. The molecule has 2 atom stereocenters. The third-order valence-electron chi connectivity index (χ3n) is 7.47. The van der Waals surface area contributed by atoms with Gasteiger partial charge < -0.3 is 20.7 Å². The lowest BCUT2D eigenvalue weighted by molar-refractivity contribution is -0.121. The first kappa shape index (κ1) is 31.2. The van der Waals surface area contributed by atoms with Crippen LogP contribution in [0, 0.1) is 0 Å². The van der Waals surface area contributed by atoms with E-state index < -0.39 is 12.1 Å². The molecule has 0 unspecified atom stereocenters. The second-order valence-electron chi connectivity index (χ2n) is 10.5. The van der Waals surface area contributed by atoms with E-state index in [9.17, 15) is 14.4 Å². The summed E-state index contributed by atoms with van der Waals surface area (Å²) in [5.41, 5.74) is 9.02. The van der Waals surface area contributed by atoms with Crippen molar-refractivity contribution >= 4 is 46.6 Å². The van der Waals surface area contributed by atoms with Crippen molar-refractivity contribution in [2.24, 2.45) is 0 Å². The maximum absolute atomic E-state index is 13.7. The molecule has 0 aliphatic carbocycles. The molecule has 0 fully saturated rings. The number of hydrogen-bond acceptors (Lipinski definition) is 9. The van der Waals surface area contributed by atoms with Crippen LogP contribution in [0.2, 0.25) is 5.02 Å². The highest BCUT2D eigenvalue weighted by molar-refractivity contribution is 6.31. The number of methoxy groups -OCH3 is 1. The van der Waals surface area contributed by atoms with Crippen molar-refractivity contribution in [2.45, 2.75) is 44.2 Å². The molecule has 44 heavy (non-hydrogen) atoms. The number of anilines is 2. The number of benzene rings is 2. The maximum atomic E-state index is 13.7. The van der Waals surface area contributed by atoms with Gasteiger partial charge >= 0.3 is 6.09 Å². The summed E-state index contributed by atoms with van der Waals surface area (Å²) in [6.45, 7) is 0.791. The van der Waals surface area contributed by atoms with E-state index >= 15 is 0 Å². The Bertz CT molecular complexity index is 1600. The van der Waals surface area contributed by atoms with Gasteiger partial charge in [0.1, 0.15) is 11.2 Å². The van der Waals surface area contributed by atoms with Crippen molar-refractivity contribution < 1.29 is 14.3 Å². The number of ether oxygens (including phenoxy) is 1. The normalized spacial score (nSPS) is 18.8. The number of halogens is 2. The molecule has 3 aromatic rings. The minimum absolute atomic E-state index is 0.146. The Labute approximate surface area is 264 Å². The number of rotatable bonds is 6. The first-order chi connectivity index (χ1) is 21.3. The molecule has 2 aliphatic heterocycles. The van der Waals surface area contributed by atoms with Gasteiger partial charge in [0, 0.05) is 35.4 Å². The van der Waals surface area contributed by atoms with Crippen LogP contribution in [0.25, 0.3) is 11.3 Å². The van der Waals surface area contributed by atoms with Gasteiger partial charge in [0.05, 0.1) is 37.1 Å². The average molecular weight is 642 g/mol. The van der Waals surface area contributed by atoms with Crippen molar-refractivity contribution in [1.82, 2.24) is 31.1 Å². The number of fused-ring (bicyclic) bond motifs is 2. The number of hydrazine groups is 2. The number of nitrogens with one attached hydrogen (secondary N) is 5. The molecule has 0 spiro atoms. The zero-order valence-electron chi connectivity index (χ0n) is 24.1. The van der Waals surface area contributed by atoms with Gasteiger partial charge in [0.25, 0.3) is 5.56 Å². The molecule has 2 aromatic carbocycles. The molecular weight excluding hydrogens is 607 g/mol. The number of nitrogens with zero attached hydrogens (tertiary/aromatic N) is 3. The lowest BCUT2D eigenvalue weighted by Gasteiger charge is -2.23. The lowest BCUT2D eigenvalue weighted by atomic mass is 9.99. The van der Waals surface area contributed by atoms with Crippen LogP contribution in [-0.2, 0) is 9.53 Å². The van der Waals surface area contributed by atoms with Crippen LogP contribution in [0.1, 0.15) is 43.7 Å². The number of carbonyl (C=O) groups excluding carboxylic acids is 2. The highest BCUT2D eigenvalue weighted by atomic mass is 35.5. The highest BCUT2D eigenvalue weighted by Gasteiger charge is 2.23. The van der Waals surface area contributed by atoms with Gasteiger partial charge in [-0.25, -0.2) is 9.78 Å². The predicted molar refractivity (Wildman–Crippen MR) is 170 cm³/mol. The monoisotopic (exact) mass is 640 g/mol. The fraction of sp³-hybridized carbons (Fsp3) is 0.333. The predicted octanol–water partition coefficient (Wildman–Crippen LogP) is 4.24. The highest BCUT2D eigenvalue weighted by Crippen LogP contribution is 2.33. The second kappa shape index (κ2) is 14.5.